The molecule has 0 aliphatic carbocycles. The summed E-state index contributed by atoms with van der Waals surface area (Å²) < 4.78 is 0. The number of nitrogens with one attached hydrogen (secondary N) is 1. The Kier molecular flexibility index (Phi) is 7.13. The van der Waals surface area contributed by atoms with Crippen LogP contribution in [0, 0.1) is 11.8 Å². The highest BCUT2D eigenvalue weighted by molar-refractivity contribution is 7.99. The summed E-state index contributed by atoms with van der Waals surface area (Å²) >= 11 is 8.15. The van der Waals surface area contributed by atoms with Crippen molar-refractivity contribution in [2.45, 2.75) is 39.1 Å². The summed E-state index contributed by atoms with van der Waals surface area (Å²) in [5, 5.41) is 4.31. The third-order valence-electron chi connectivity index (χ3n) is 2.45. The lowest BCUT2D eigenvalue weighted by Crippen LogP contribution is -2.18. The number of benzene rings is 1. The molecule has 3 heteroatoms. The third kappa shape index (κ3) is 6.12. The van der Waals surface area contributed by atoms with Gasteiger partial charge < -0.3 is 5.32 Å². The minimum atomic E-state index is 0.682. The zero-order valence-corrected chi connectivity index (χ0v) is 13.4. The standard InChI is InChI=1S/C15H24ClNS/c1-11(2)8-17-9-13-5-6-15(14(16)7-13)18-10-12(3)4/h5-7,11-12,17H,8-10H2,1-4H3. The van der Waals surface area contributed by atoms with Crippen LogP contribution in [0.2, 0.25) is 5.02 Å². The highest BCUT2D eigenvalue weighted by atomic mass is 35.5. The fourth-order valence-corrected chi connectivity index (χ4v) is 2.77. The molecule has 0 saturated heterocycles. The van der Waals surface area contributed by atoms with E-state index < -0.39 is 0 Å². The highest BCUT2D eigenvalue weighted by Gasteiger charge is 2.04. The van der Waals surface area contributed by atoms with Crippen molar-refractivity contribution >= 4 is 23.4 Å². The van der Waals surface area contributed by atoms with E-state index in [1.54, 1.807) is 0 Å². The van der Waals surface area contributed by atoms with Crippen LogP contribution in [0.1, 0.15) is 33.3 Å². The molecule has 0 spiro atoms. The van der Waals surface area contributed by atoms with E-state index in [-0.39, 0.29) is 0 Å². The van der Waals surface area contributed by atoms with Crippen LogP contribution in [-0.4, -0.2) is 12.3 Å². The van der Waals surface area contributed by atoms with E-state index in [0.717, 1.165) is 23.9 Å². The molecule has 0 atom stereocenters. The summed E-state index contributed by atoms with van der Waals surface area (Å²) in [5.41, 5.74) is 1.26. The van der Waals surface area contributed by atoms with Gasteiger partial charge in [0, 0.05) is 17.2 Å². The van der Waals surface area contributed by atoms with Gasteiger partial charge in [-0.3, -0.25) is 0 Å². The molecule has 0 heterocycles. The Labute approximate surface area is 121 Å². The number of hydrogen-bond acceptors (Lipinski definition) is 2. The quantitative estimate of drug-likeness (QED) is 0.720. The first-order valence-electron chi connectivity index (χ1n) is 6.61. The van der Waals surface area contributed by atoms with Crippen LogP contribution >= 0.6 is 23.4 Å². The number of hydrogen-bond donors (Lipinski definition) is 1. The number of halogens is 1. The largest absolute Gasteiger partial charge is 0.312 e. The molecule has 1 rings (SSSR count). The Morgan fingerprint density at radius 2 is 1.89 bits per heavy atom. The second-order valence-electron chi connectivity index (χ2n) is 5.49. The minimum absolute atomic E-state index is 0.682. The molecule has 0 fully saturated rings. The van der Waals surface area contributed by atoms with E-state index in [9.17, 15) is 0 Å². The molecule has 0 unspecified atom stereocenters. The molecule has 18 heavy (non-hydrogen) atoms. The summed E-state index contributed by atoms with van der Waals surface area (Å²) in [6.45, 7) is 10.8. The predicted molar refractivity (Wildman–Crippen MR) is 83.6 cm³/mol. The first kappa shape index (κ1) is 15.9. The fourth-order valence-electron chi connectivity index (χ4n) is 1.53. The van der Waals surface area contributed by atoms with Crippen molar-refractivity contribution in [3.05, 3.63) is 28.8 Å². The Hall–Kier alpha value is -0.180. The fraction of sp³-hybridized carbons (Fsp3) is 0.600. The summed E-state index contributed by atoms with van der Waals surface area (Å²) in [5.74, 6) is 2.49. The predicted octanol–water partition coefficient (Wildman–Crippen LogP) is 4.83. The van der Waals surface area contributed by atoms with Crippen LogP contribution in [0.15, 0.2) is 23.1 Å². The maximum atomic E-state index is 6.31. The second-order valence-corrected chi connectivity index (χ2v) is 6.96. The van der Waals surface area contributed by atoms with Gasteiger partial charge in [0.15, 0.2) is 0 Å². The lowest BCUT2D eigenvalue weighted by molar-refractivity contribution is 0.552. The van der Waals surface area contributed by atoms with E-state index in [0.29, 0.717) is 11.8 Å². The van der Waals surface area contributed by atoms with E-state index in [4.69, 9.17) is 11.6 Å². The highest BCUT2D eigenvalue weighted by Crippen LogP contribution is 2.29. The van der Waals surface area contributed by atoms with Crippen LogP contribution in [-0.2, 0) is 6.54 Å². The average Bonchev–Trinajstić information content (AvgIpc) is 2.27. The normalized spacial score (nSPS) is 11.5. The number of rotatable bonds is 7. The van der Waals surface area contributed by atoms with Crippen molar-refractivity contribution < 1.29 is 0 Å². The van der Waals surface area contributed by atoms with Crippen molar-refractivity contribution in [1.29, 1.82) is 0 Å². The summed E-state index contributed by atoms with van der Waals surface area (Å²) in [7, 11) is 0. The van der Waals surface area contributed by atoms with Crippen LogP contribution < -0.4 is 5.32 Å². The molecule has 1 nitrogen and oxygen atoms in total. The molecule has 102 valence electrons. The zero-order valence-electron chi connectivity index (χ0n) is 11.8. The van der Waals surface area contributed by atoms with Gasteiger partial charge in [-0.05, 0) is 36.1 Å². The van der Waals surface area contributed by atoms with E-state index in [1.807, 2.05) is 11.8 Å². The molecule has 1 aromatic rings. The van der Waals surface area contributed by atoms with Crippen LogP contribution in [0.3, 0.4) is 0 Å². The molecule has 0 aliphatic rings. The Morgan fingerprint density at radius 1 is 1.17 bits per heavy atom. The topological polar surface area (TPSA) is 12.0 Å². The van der Waals surface area contributed by atoms with Crippen molar-refractivity contribution in [3.63, 3.8) is 0 Å². The lowest BCUT2D eigenvalue weighted by Gasteiger charge is -2.10. The van der Waals surface area contributed by atoms with Crippen molar-refractivity contribution in [1.82, 2.24) is 5.32 Å². The van der Waals surface area contributed by atoms with Gasteiger partial charge in [0.25, 0.3) is 0 Å². The minimum Gasteiger partial charge on any atom is -0.312 e. The van der Waals surface area contributed by atoms with Crippen LogP contribution in [0.25, 0.3) is 0 Å². The van der Waals surface area contributed by atoms with Crippen molar-refractivity contribution in [3.8, 4) is 0 Å². The Balaban J connectivity index is 2.51. The van der Waals surface area contributed by atoms with Gasteiger partial charge >= 0.3 is 0 Å². The molecule has 1 aromatic carbocycles. The van der Waals surface area contributed by atoms with E-state index >= 15 is 0 Å². The van der Waals surface area contributed by atoms with Crippen molar-refractivity contribution in [2.24, 2.45) is 11.8 Å². The SMILES string of the molecule is CC(C)CNCc1ccc(SCC(C)C)c(Cl)c1. The van der Waals surface area contributed by atoms with Gasteiger partial charge in [-0.1, -0.05) is 45.4 Å². The smallest absolute Gasteiger partial charge is 0.0545 e. The van der Waals surface area contributed by atoms with Gasteiger partial charge in [0.1, 0.15) is 0 Å². The average molecular weight is 286 g/mol. The zero-order chi connectivity index (χ0) is 13.5. The second kappa shape index (κ2) is 8.08. The van der Waals surface area contributed by atoms with Gasteiger partial charge in [-0.15, -0.1) is 11.8 Å². The van der Waals surface area contributed by atoms with Gasteiger partial charge in [-0.25, -0.2) is 0 Å². The summed E-state index contributed by atoms with van der Waals surface area (Å²) in [6, 6.07) is 6.39. The molecule has 0 aliphatic heterocycles. The van der Waals surface area contributed by atoms with E-state index in [1.165, 1.54) is 10.5 Å². The molecule has 0 bridgehead atoms. The lowest BCUT2D eigenvalue weighted by atomic mass is 10.2. The van der Waals surface area contributed by atoms with E-state index in [2.05, 4.69) is 51.2 Å². The molecular formula is C15H24ClNS. The molecule has 0 amide bonds. The third-order valence-corrected chi connectivity index (χ3v) is 4.38. The maximum Gasteiger partial charge on any atom is 0.0545 e. The van der Waals surface area contributed by atoms with Gasteiger partial charge in [0.2, 0.25) is 0 Å². The first-order valence-corrected chi connectivity index (χ1v) is 7.97. The molecule has 1 N–H and O–H groups in total. The van der Waals surface area contributed by atoms with Crippen molar-refractivity contribution in [2.75, 3.05) is 12.3 Å². The van der Waals surface area contributed by atoms with Crippen LogP contribution in [0.5, 0.6) is 0 Å². The summed E-state index contributed by atoms with van der Waals surface area (Å²) in [6.07, 6.45) is 0. The maximum absolute atomic E-state index is 6.31. The number of thioether (sulfide) groups is 1. The van der Waals surface area contributed by atoms with Gasteiger partial charge in [0.05, 0.1) is 5.02 Å². The molecule has 0 radical (unpaired) electrons. The van der Waals surface area contributed by atoms with Crippen LogP contribution in [0.4, 0.5) is 0 Å². The van der Waals surface area contributed by atoms with Gasteiger partial charge in [-0.2, -0.15) is 0 Å². The Morgan fingerprint density at radius 3 is 2.44 bits per heavy atom. The molecular weight excluding hydrogens is 262 g/mol. The molecule has 0 saturated carbocycles. The molecule has 0 aromatic heterocycles. The first-order chi connectivity index (χ1) is 8.49. The Bertz CT molecular complexity index is 364. The monoisotopic (exact) mass is 285 g/mol. The summed E-state index contributed by atoms with van der Waals surface area (Å²) in [4.78, 5) is 1.19.